The highest BCUT2D eigenvalue weighted by Gasteiger charge is 2.28. The molecule has 0 amide bonds. The third kappa shape index (κ3) is 13.7. The number of rotatable bonds is 11. The summed E-state index contributed by atoms with van der Waals surface area (Å²) in [4.78, 5) is 34.1. The van der Waals surface area contributed by atoms with Crippen LogP contribution in [-0.2, 0) is 33.3 Å². The van der Waals surface area contributed by atoms with Gasteiger partial charge < -0.3 is 24.1 Å². The van der Waals surface area contributed by atoms with Crippen LogP contribution >= 0.6 is 0 Å². The van der Waals surface area contributed by atoms with Crippen molar-refractivity contribution in [3.05, 3.63) is 0 Å². The van der Waals surface area contributed by atoms with Gasteiger partial charge in [0.1, 0.15) is 11.2 Å². The van der Waals surface area contributed by atoms with Crippen molar-refractivity contribution in [1.29, 1.82) is 0 Å². The minimum absolute atomic E-state index is 0.00295. The fourth-order valence-electron chi connectivity index (χ4n) is 1.70. The molecule has 0 aliphatic carbocycles. The molecule has 0 bridgehead atoms. The van der Waals surface area contributed by atoms with E-state index >= 15 is 0 Å². The van der Waals surface area contributed by atoms with E-state index < -0.39 is 28.7 Å². The van der Waals surface area contributed by atoms with E-state index in [0.717, 1.165) is 0 Å². The Morgan fingerprint density at radius 2 is 1.15 bits per heavy atom. The topological polar surface area (TPSA) is 108 Å². The smallest absolute Gasteiger partial charge is 0.308 e. The molecule has 8 nitrogen and oxygen atoms in total. The van der Waals surface area contributed by atoms with Crippen LogP contribution in [0.4, 0.5) is 0 Å². The first-order chi connectivity index (χ1) is 11.8. The normalized spacial score (nSPS) is 12.6. The van der Waals surface area contributed by atoms with Gasteiger partial charge in [-0.2, -0.15) is 0 Å². The summed E-state index contributed by atoms with van der Waals surface area (Å²) in [7, 11) is 0. The van der Waals surface area contributed by atoms with E-state index in [2.05, 4.69) is 0 Å². The number of carbonyl (C=O) groups excluding carboxylic acids is 3. The number of hydrogen-bond donors (Lipinski definition) is 1. The number of ether oxygens (including phenoxy) is 4. The van der Waals surface area contributed by atoms with E-state index in [-0.39, 0.29) is 39.3 Å². The Hall–Kier alpha value is -1.51. The molecule has 0 saturated heterocycles. The number of aliphatic hydroxyl groups is 1. The first-order valence-corrected chi connectivity index (χ1v) is 8.54. The second kappa shape index (κ2) is 10.6. The summed E-state index contributed by atoms with van der Waals surface area (Å²) in [5, 5.41) is 10.1. The molecule has 0 heterocycles. The summed E-state index contributed by atoms with van der Waals surface area (Å²) in [5.41, 5.74) is -3.01. The van der Waals surface area contributed by atoms with Crippen molar-refractivity contribution in [2.24, 2.45) is 0 Å². The maximum Gasteiger partial charge on any atom is 0.308 e. The van der Waals surface area contributed by atoms with E-state index in [9.17, 15) is 19.5 Å². The van der Waals surface area contributed by atoms with Crippen LogP contribution in [0.5, 0.6) is 0 Å². The lowest BCUT2D eigenvalue weighted by Crippen LogP contribution is -2.42. The van der Waals surface area contributed by atoms with E-state index in [0.29, 0.717) is 6.29 Å². The van der Waals surface area contributed by atoms with Gasteiger partial charge in [-0.3, -0.25) is 14.4 Å². The van der Waals surface area contributed by atoms with Gasteiger partial charge in [0.05, 0.1) is 39.3 Å². The van der Waals surface area contributed by atoms with Crippen molar-refractivity contribution >= 4 is 18.2 Å². The molecule has 0 aromatic rings. The number of esters is 2. The number of hydrogen-bond acceptors (Lipinski definition) is 8. The highest BCUT2D eigenvalue weighted by Crippen LogP contribution is 2.10. The Bertz CT molecular complexity index is 423. The first-order valence-electron chi connectivity index (χ1n) is 8.54. The Morgan fingerprint density at radius 1 is 0.808 bits per heavy atom. The highest BCUT2D eigenvalue weighted by atomic mass is 16.6. The van der Waals surface area contributed by atoms with Gasteiger partial charge in [0.15, 0.2) is 11.9 Å². The predicted molar refractivity (Wildman–Crippen MR) is 93.6 cm³/mol. The van der Waals surface area contributed by atoms with Gasteiger partial charge in [-0.15, -0.1) is 0 Å². The van der Waals surface area contributed by atoms with Crippen LogP contribution in [0, 0.1) is 0 Å². The standard InChI is InChI=1S/C18H32O8/c1-16(2,3)25-14(20)7-9-23-12-18(22,11-19)13-24-10-8-15(21)26-17(4,5)6/h11,22H,7-10,12-13H2,1-6H3. The van der Waals surface area contributed by atoms with Gasteiger partial charge in [-0.05, 0) is 41.5 Å². The van der Waals surface area contributed by atoms with Crippen LogP contribution in [0.25, 0.3) is 0 Å². The van der Waals surface area contributed by atoms with Crippen molar-refractivity contribution in [1.82, 2.24) is 0 Å². The van der Waals surface area contributed by atoms with Crippen LogP contribution in [0.3, 0.4) is 0 Å². The second-order valence-corrected chi connectivity index (χ2v) is 8.00. The molecule has 152 valence electrons. The molecule has 0 atom stereocenters. The van der Waals surface area contributed by atoms with E-state index in [4.69, 9.17) is 18.9 Å². The molecule has 0 aliphatic heterocycles. The third-order valence-electron chi connectivity index (χ3n) is 2.66. The summed E-state index contributed by atoms with van der Waals surface area (Å²) in [6, 6.07) is 0. The molecular formula is C18H32O8. The Morgan fingerprint density at radius 3 is 1.42 bits per heavy atom. The van der Waals surface area contributed by atoms with Gasteiger partial charge in [0.2, 0.25) is 0 Å². The van der Waals surface area contributed by atoms with Gasteiger partial charge >= 0.3 is 11.9 Å². The molecule has 0 rings (SSSR count). The summed E-state index contributed by atoms with van der Waals surface area (Å²) in [6.45, 7) is 9.88. The van der Waals surface area contributed by atoms with Crippen LogP contribution < -0.4 is 0 Å². The lowest BCUT2D eigenvalue weighted by Gasteiger charge is -2.22. The van der Waals surface area contributed by atoms with Crippen molar-refractivity contribution in [3.8, 4) is 0 Å². The lowest BCUT2D eigenvalue weighted by molar-refractivity contribution is -0.157. The minimum atomic E-state index is -1.85. The Labute approximate surface area is 155 Å². The maximum absolute atomic E-state index is 11.5. The fourth-order valence-corrected chi connectivity index (χ4v) is 1.70. The van der Waals surface area contributed by atoms with Crippen molar-refractivity contribution < 1.29 is 38.4 Å². The third-order valence-corrected chi connectivity index (χ3v) is 2.66. The van der Waals surface area contributed by atoms with Crippen LogP contribution in [0.1, 0.15) is 54.4 Å². The van der Waals surface area contributed by atoms with Crippen molar-refractivity contribution in [3.63, 3.8) is 0 Å². The molecule has 0 aromatic heterocycles. The quantitative estimate of drug-likeness (QED) is 0.328. The Balaban J connectivity index is 4.04. The zero-order chi connectivity index (χ0) is 20.4. The monoisotopic (exact) mass is 376 g/mol. The highest BCUT2D eigenvalue weighted by molar-refractivity contribution is 5.70. The van der Waals surface area contributed by atoms with Gasteiger partial charge in [-0.25, -0.2) is 0 Å². The van der Waals surface area contributed by atoms with Gasteiger partial charge in [-0.1, -0.05) is 0 Å². The minimum Gasteiger partial charge on any atom is -0.460 e. The number of carbonyl (C=O) groups is 3. The van der Waals surface area contributed by atoms with E-state index in [1.165, 1.54) is 0 Å². The van der Waals surface area contributed by atoms with Gasteiger partial charge in [0, 0.05) is 0 Å². The number of aldehydes is 1. The fraction of sp³-hybridized carbons (Fsp3) is 0.833. The summed E-state index contributed by atoms with van der Waals surface area (Å²) < 4.78 is 20.6. The molecule has 26 heavy (non-hydrogen) atoms. The lowest BCUT2D eigenvalue weighted by atomic mass is 10.1. The molecule has 0 saturated carbocycles. The van der Waals surface area contributed by atoms with Crippen LogP contribution in [0.15, 0.2) is 0 Å². The average Bonchev–Trinajstić information content (AvgIpc) is 2.45. The SMILES string of the molecule is CC(C)(C)OC(=O)CCOCC(O)(C=O)COCCC(=O)OC(C)(C)C. The van der Waals surface area contributed by atoms with Crippen molar-refractivity contribution in [2.45, 2.75) is 71.2 Å². The average molecular weight is 376 g/mol. The summed E-state index contributed by atoms with van der Waals surface area (Å²) in [6.07, 6.45) is 0.325. The molecule has 0 unspecified atom stereocenters. The molecule has 1 N–H and O–H groups in total. The van der Waals surface area contributed by atoms with Crippen LogP contribution in [0.2, 0.25) is 0 Å². The molecule has 0 spiro atoms. The van der Waals surface area contributed by atoms with Crippen molar-refractivity contribution in [2.75, 3.05) is 26.4 Å². The zero-order valence-electron chi connectivity index (χ0n) is 16.6. The van der Waals surface area contributed by atoms with E-state index in [1.54, 1.807) is 41.5 Å². The maximum atomic E-state index is 11.5. The summed E-state index contributed by atoms with van der Waals surface area (Å²) in [5.74, 6) is -0.860. The molecule has 0 radical (unpaired) electrons. The van der Waals surface area contributed by atoms with E-state index in [1.807, 2.05) is 0 Å². The van der Waals surface area contributed by atoms with Gasteiger partial charge in [0.25, 0.3) is 0 Å². The largest absolute Gasteiger partial charge is 0.460 e. The summed E-state index contributed by atoms with van der Waals surface area (Å²) >= 11 is 0. The zero-order valence-corrected chi connectivity index (χ0v) is 16.6. The first kappa shape index (κ1) is 24.5. The second-order valence-electron chi connectivity index (χ2n) is 8.00. The molecule has 0 aliphatic rings. The molecule has 0 fully saturated rings. The molecule has 8 heteroatoms. The molecular weight excluding hydrogens is 344 g/mol. The van der Waals surface area contributed by atoms with Crippen LogP contribution in [-0.4, -0.2) is 66.6 Å². The molecule has 0 aromatic carbocycles. The predicted octanol–water partition coefficient (Wildman–Crippen LogP) is 1.41. The Kier molecular flexibility index (Phi) is 9.98.